The van der Waals surface area contributed by atoms with Gasteiger partial charge in [-0.1, -0.05) is 26.0 Å². The van der Waals surface area contributed by atoms with E-state index in [1.54, 1.807) is 0 Å². The second-order valence-electron chi connectivity index (χ2n) is 4.51. The highest BCUT2D eigenvalue weighted by molar-refractivity contribution is 5.50. The Labute approximate surface area is 125 Å². The van der Waals surface area contributed by atoms with E-state index in [1.807, 2.05) is 38.2 Å². The molecular formula is C16H21N3O2. The van der Waals surface area contributed by atoms with Crippen molar-refractivity contribution < 1.29 is 9.47 Å². The third-order valence-corrected chi connectivity index (χ3v) is 3.01. The number of ether oxygens (including phenoxy) is 2. The summed E-state index contributed by atoms with van der Waals surface area (Å²) in [6, 6.07) is 7.62. The van der Waals surface area contributed by atoms with E-state index in [2.05, 4.69) is 22.2 Å². The van der Waals surface area contributed by atoms with Crippen LogP contribution in [0.4, 0.5) is 5.82 Å². The fourth-order valence-electron chi connectivity index (χ4n) is 1.99. The van der Waals surface area contributed by atoms with Gasteiger partial charge in [0.15, 0.2) is 11.5 Å². The number of nitrogens with zero attached hydrogens (tertiary/aromatic N) is 2. The lowest BCUT2D eigenvalue weighted by atomic mass is 10.2. The molecule has 112 valence electrons. The van der Waals surface area contributed by atoms with Crippen LogP contribution in [-0.2, 0) is 6.42 Å². The van der Waals surface area contributed by atoms with E-state index in [1.165, 1.54) is 6.33 Å². The second-order valence-corrected chi connectivity index (χ2v) is 4.51. The molecule has 0 atom stereocenters. The summed E-state index contributed by atoms with van der Waals surface area (Å²) >= 11 is 0. The Hall–Kier alpha value is -2.30. The maximum atomic E-state index is 5.95. The van der Waals surface area contributed by atoms with Crippen LogP contribution in [0, 0.1) is 0 Å². The van der Waals surface area contributed by atoms with Gasteiger partial charge in [0.2, 0.25) is 5.88 Å². The lowest BCUT2D eigenvalue weighted by Gasteiger charge is -2.14. The summed E-state index contributed by atoms with van der Waals surface area (Å²) in [4.78, 5) is 8.45. The molecule has 2 rings (SSSR count). The molecule has 2 aromatic rings. The molecular weight excluding hydrogens is 266 g/mol. The molecule has 1 heterocycles. The molecule has 1 N–H and O–H groups in total. The Kier molecular flexibility index (Phi) is 5.37. The zero-order valence-electron chi connectivity index (χ0n) is 12.7. The van der Waals surface area contributed by atoms with Crippen LogP contribution in [0.5, 0.6) is 17.4 Å². The number of benzene rings is 1. The summed E-state index contributed by atoms with van der Waals surface area (Å²) in [6.07, 6.45) is 3.23. The van der Waals surface area contributed by atoms with Gasteiger partial charge in [0.25, 0.3) is 0 Å². The highest BCUT2D eigenvalue weighted by Crippen LogP contribution is 2.33. The number of anilines is 1. The van der Waals surface area contributed by atoms with Crippen molar-refractivity contribution in [1.29, 1.82) is 0 Å². The van der Waals surface area contributed by atoms with Crippen LogP contribution in [0.1, 0.15) is 25.8 Å². The Morgan fingerprint density at radius 2 is 1.86 bits per heavy atom. The molecule has 0 spiro atoms. The summed E-state index contributed by atoms with van der Waals surface area (Å²) < 4.78 is 11.7. The third-order valence-electron chi connectivity index (χ3n) is 3.01. The number of aromatic nitrogens is 2. The first kappa shape index (κ1) is 15.1. The summed E-state index contributed by atoms with van der Waals surface area (Å²) in [7, 11) is 1.84. The van der Waals surface area contributed by atoms with Gasteiger partial charge < -0.3 is 14.8 Å². The second kappa shape index (κ2) is 7.47. The molecule has 0 saturated heterocycles. The van der Waals surface area contributed by atoms with E-state index in [0.717, 1.165) is 30.0 Å². The molecule has 21 heavy (non-hydrogen) atoms. The maximum Gasteiger partial charge on any atom is 0.227 e. The van der Waals surface area contributed by atoms with E-state index in [4.69, 9.17) is 9.47 Å². The molecule has 1 aromatic heterocycles. The van der Waals surface area contributed by atoms with Gasteiger partial charge >= 0.3 is 0 Å². The molecule has 0 aliphatic heterocycles. The van der Waals surface area contributed by atoms with Crippen molar-refractivity contribution in [3.05, 3.63) is 36.2 Å². The lowest BCUT2D eigenvalue weighted by Crippen LogP contribution is -2.03. The smallest absolute Gasteiger partial charge is 0.227 e. The molecule has 0 aliphatic carbocycles. The van der Waals surface area contributed by atoms with Crippen molar-refractivity contribution in [2.45, 2.75) is 26.7 Å². The van der Waals surface area contributed by atoms with Crippen LogP contribution in [0.3, 0.4) is 0 Å². The van der Waals surface area contributed by atoms with Gasteiger partial charge in [-0.15, -0.1) is 0 Å². The Bertz CT molecular complexity index is 587. The van der Waals surface area contributed by atoms with E-state index in [9.17, 15) is 0 Å². The molecule has 0 unspecified atom stereocenters. The topological polar surface area (TPSA) is 56.3 Å². The quantitative estimate of drug-likeness (QED) is 0.842. The van der Waals surface area contributed by atoms with Crippen LogP contribution in [0.2, 0.25) is 0 Å². The van der Waals surface area contributed by atoms with Gasteiger partial charge in [0.1, 0.15) is 12.1 Å². The van der Waals surface area contributed by atoms with Crippen molar-refractivity contribution in [3.63, 3.8) is 0 Å². The van der Waals surface area contributed by atoms with Crippen LogP contribution < -0.4 is 14.8 Å². The van der Waals surface area contributed by atoms with E-state index in [-0.39, 0.29) is 0 Å². The summed E-state index contributed by atoms with van der Waals surface area (Å²) in [5.41, 5.74) is 0.949. The minimum atomic E-state index is 0.560. The monoisotopic (exact) mass is 287 g/mol. The van der Waals surface area contributed by atoms with Gasteiger partial charge in [0, 0.05) is 7.05 Å². The average molecular weight is 287 g/mol. The zero-order valence-corrected chi connectivity index (χ0v) is 12.7. The molecule has 0 aliphatic rings. The Morgan fingerprint density at radius 3 is 2.52 bits per heavy atom. The standard InChI is InChI=1S/C16H21N3O2/c1-4-10-20-13-8-6-7-9-14(13)21-16-12(5-2)15(17-3)18-11-19-16/h6-9,11H,4-5,10H2,1-3H3,(H,17,18,19). The molecule has 5 heteroatoms. The van der Waals surface area contributed by atoms with Gasteiger partial charge in [0.05, 0.1) is 12.2 Å². The van der Waals surface area contributed by atoms with Gasteiger partial charge in [-0.3, -0.25) is 0 Å². The third kappa shape index (κ3) is 3.62. The van der Waals surface area contributed by atoms with Crippen LogP contribution in [0.25, 0.3) is 0 Å². The SMILES string of the molecule is CCCOc1ccccc1Oc1ncnc(NC)c1CC. The van der Waals surface area contributed by atoms with E-state index < -0.39 is 0 Å². The molecule has 0 amide bonds. The highest BCUT2D eigenvalue weighted by Gasteiger charge is 2.13. The summed E-state index contributed by atoms with van der Waals surface area (Å²) in [5, 5.41) is 3.06. The number of hydrogen-bond acceptors (Lipinski definition) is 5. The highest BCUT2D eigenvalue weighted by atomic mass is 16.5. The van der Waals surface area contributed by atoms with Crippen molar-refractivity contribution in [1.82, 2.24) is 9.97 Å². The predicted molar refractivity (Wildman–Crippen MR) is 83.3 cm³/mol. The van der Waals surface area contributed by atoms with Crippen molar-refractivity contribution >= 4 is 5.82 Å². The van der Waals surface area contributed by atoms with E-state index >= 15 is 0 Å². The predicted octanol–water partition coefficient (Wildman–Crippen LogP) is 3.66. The fourth-order valence-corrected chi connectivity index (χ4v) is 1.99. The Morgan fingerprint density at radius 1 is 1.10 bits per heavy atom. The lowest BCUT2D eigenvalue weighted by molar-refractivity contribution is 0.300. The maximum absolute atomic E-state index is 5.95. The minimum absolute atomic E-state index is 0.560. The first-order chi connectivity index (χ1) is 10.3. The van der Waals surface area contributed by atoms with Crippen molar-refractivity contribution in [2.75, 3.05) is 19.0 Å². The van der Waals surface area contributed by atoms with Gasteiger partial charge in [-0.05, 0) is 25.0 Å². The molecule has 0 fully saturated rings. The van der Waals surface area contributed by atoms with Crippen molar-refractivity contribution in [3.8, 4) is 17.4 Å². The molecule has 1 aromatic carbocycles. The number of rotatable bonds is 7. The summed E-state index contributed by atoms with van der Waals surface area (Å²) in [5.74, 6) is 2.74. The largest absolute Gasteiger partial charge is 0.490 e. The molecule has 0 saturated carbocycles. The van der Waals surface area contributed by atoms with Crippen molar-refractivity contribution in [2.24, 2.45) is 0 Å². The van der Waals surface area contributed by atoms with Crippen LogP contribution in [0.15, 0.2) is 30.6 Å². The normalized spacial score (nSPS) is 10.2. The van der Waals surface area contributed by atoms with Crippen LogP contribution >= 0.6 is 0 Å². The Balaban J connectivity index is 2.30. The number of para-hydroxylation sites is 2. The average Bonchev–Trinajstić information content (AvgIpc) is 2.53. The molecule has 0 bridgehead atoms. The first-order valence-electron chi connectivity index (χ1n) is 7.21. The molecule has 5 nitrogen and oxygen atoms in total. The van der Waals surface area contributed by atoms with Gasteiger partial charge in [-0.25, -0.2) is 9.97 Å². The van der Waals surface area contributed by atoms with Gasteiger partial charge in [-0.2, -0.15) is 0 Å². The molecule has 0 radical (unpaired) electrons. The van der Waals surface area contributed by atoms with Crippen LogP contribution in [-0.4, -0.2) is 23.6 Å². The minimum Gasteiger partial charge on any atom is -0.490 e. The zero-order chi connectivity index (χ0) is 15.1. The first-order valence-corrected chi connectivity index (χ1v) is 7.21. The number of hydrogen-bond donors (Lipinski definition) is 1. The fraction of sp³-hybridized carbons (Fsp3) is 0.375. The van der Waals surface area contributed by atoms with E-state index in [0.29, 0.717) is 18.2 Å². The number of nitrogens with one attached hydrogen (secondary N) is 1. The summed E-state index contributed by atoms with van der Waals surface area (Å²) in [6.45, 7) is 4.78.